The third-order valence-electron chi connectivity index (χ3n) is 2.77. The topological polar surface area (TPSA) is 80.9 Å². The summed E-state index contributed by atoms with van der Waals surface area (Å²) in [6.45, 7) is 5.54. The number of hydrogen-bond donors (Lipinski definition) is 1. The molecule has 6 heteroatoms. The van der Waals surface area contributed by atoms with Gasteiger partial charge in [-0.2, -0.15) is 4.98 Å². The molecule has 6 nitrogen and oxygen atoms in total. The van der Waals surface area contributed by atoms with Crippen molar-refractivity contribution in [2.75, 3.05) is 0 Å². The van der Waals surface area contributed by atoms with Crippen molar-refractivity contribution in [3.8, 4) is 0 Å². The van der Waals surface area contributed by atoms with E-state index in [1.807, 2.05) is 6.92 Å². The van der Waals surface area contributed by atoms with Crippen molar-refractivity contribution in [1.82, 2.24) is 20.4 Å². The zero-order valence-corrected chi connectivity index (χ0v) is 11.2. The zero-order valence-electron chi connectivity index (χ0n) is 11.2. The Morgan fingerprint density at radius 2 is 2.32 bits per heavy atom. The normalized spacial score (nSPS) is 12.2. The molecule has 1 amide bonds. The second-order valence-electron chi connectivity index (χ2n) is 4.23. The van der Waals surface area contributed by atoms with E-state index in [9.17, 15) is 4.79 Å². The van der Waals surface area contributed by atoms with Crippen LogP contribution in [0.25, 0.3) is 0 Å². The number of aromatic nitrogens is 3. The van der Waals surface area contributed by atoms with Crippen LogP contribution in [0.1, 0.15) is 47.7 Å². The maximum absolute atomic E-state index is 12.1. The monoisotopic (exact) mass is 260 g/mol. The standard InChI is InChI=1S/C13H16N4O2/c1-4-11-16-13(19-17-11)9(3)15-12(18)10-6-5-7-14-8(10)2/h5-7,9H,4H2,1-3H3,(H,15,18). The molecule has 0 aliphatic carbocycles. The van der Waals surface area contributed by atoms with Crippen LogP contribution >= 0.6 is 0 Å². The minimum Gasteiger partial charge on any atom is -0.340 e. The Morgan fingerprint density at radius 3 is 2.95 bits per heavy atom. The Kier molecular flexibility index (Phi) is 3.89. The Balaban J connectivity index is 2.08. The summed E-state index contributed by atoms with van der Waals surface area (Å²) in [7, 11) is 0. The van der Waals surface area contributed by atoms with Crippen molar-refractivity contribution in [2.45, 2.75) is 33.2 Å². The molecule has 1 atom stereocenters. The fraction of sp³-hybridized carbons (Fsp3) is 0.385. The molecule has 0 aliphatic rings. The predicted octanol–water partition coefficient (Wildman–Crippen LogP) is 1.83. The highest BCUT2D eigenvalue weighted by molar-refractivity contribution is 5.95. The van der Waals surface area contributed by atoms with Crippen LogP contribution in [0.15, 0.2) is 22.9 Å². The highest BCUT2D eigenvalue weighted by Gasteiger charge is 2.18. The van der Waals surface area contributed by atoms with Crippen LogP contribution in [0.3, 0.4) is 0 Å². The summed E-state index contributed by atoms with van der Waals surface area (Å²) in [5.74, 6) is 0.842. The van der Waals surface area contributed by atoms with Gasteiger partial charge in [0.05, 0.1) is 5.56 Å². The molecule has 1 unspecified atom stereocenters. The molecule has 2 rings (SSSR count). The number of pyridine rings is 1. The van der Waals surface area contributed by atoms with Crippen molar-refractivity contribution < 1.29 is 9.32 Å². The van der Waals surface area contributed by atoms with E-state index in [1.165, 1.54) is 0 Å². The Hall–Kier alpha value is -2.24. The first kappa shape index (κ1) is 13.2. The lowest BCUT2D eigenvalue weighted by molar-refractivity contribution is 0.0931. The summed E-state index contributed by atoms with van der Waals surface area (Å²) in [6, 6.07) is 3.13. The number of nitrogens with one attached hydrogen (secondary N) is 1. The van der Waals surface area contributed by atoms with Gasteiger partial charge in [0.25, 0.3) is 5.91 Å². The van der Waals surface area contributed by atoms with Gasteiger partial charge in [-0.15, -0.1) is 0 Å². The number of rotatable bonds is 4. The summed E-state index contributed by atoms with van der Waals surface area (Å²) < 4.78 is 5.09. The molecule has 0 bridgehead atoms. The minimum atomic E-state index is -0.333. The van der Waals surface area contributed by atoms with Crippen LogP contribution in [0, 0.1) is 6.92 Å². The van der Waals surface area contributed by atoms with Gasteiger partial charge in [0, 0.05) is 18.3 Å². The lowest BCUT2D eigenvalue weighted by Gasteiger charge is -2.10. The molecule has 0 saturated carbocycles. The third-order valence-corrected chi connectivity index (χ3v) is 2.77. The van der Waals surface area contributed by atoms with E-state index in [1.54, 1.807) is 32.2 Å². The van der Waals surface area contributed by atoms with E-state index in [2.05, 4.69) is 20.4 Å². The molecule has 2 heterocycles. The number of aryl methyl sites for hydroxylation is 2. The van der Waals surface area contributed by atoms with E-state index >= 15 is 0 Å². The minimum absolute atomic E-state index is 0.200. The van der Waals surface area contributed by atoms with E-state index in [0.717, 1.165) is 0 Å². The summed E-state index contributed by atoms with van der Waals surface area (Å²) in [4.78, 5) is 20.4. The average molecular weight is 260 g/mol. The molecule has 0 spiro atoms. The quantitative estimate of drug-likeness (QED) is 0.907. The van der Waals surface area contributed by atoms with Crippen LogP contribution in [-0.2, 0) is 6.42 Å². The number of amides is 1. The molecule has 0 saturated heterocycles. The van der Waals surface area contributed by atoms with Crippen molar-refractivity contribution >= 4 is 5.91 Å². The smallest absolute Gasteiger partial charge is 0.253 e. The lowest BCUT2D eigenvalue weighted by Crippen LogP contribution is -2.27. The summed E-state index contributed by atoms with van der Waals surface area (Å²) in [6.07, 6.45) is 2.35. The Labute approximate surface area is 111 Å². The first-order chi connectivity index (χ1) is 9.11. The molecule has 0 fully saturated rings. The fourth-order valence-electron chi connectivity index (χ4n) is 1.65. The zero-order chi connectivity index (χ0) is 13.8. The second kappa shape index (κ2) is 5.60. The highest BCUT2D eigenvalue weighted by atomic mass is 16.5. The van der Waals surface area contributed by atoms with Crippen LogP contribution < -0.4 is 5.32 Å². The van der Waals surface area contributed by atoms with E-state index < -0.39 is 0 Å². The van der Waals surface area contributed by atoms with Gasteiger partial charge in [-0.25, -0.2) is 0 Å². The van der Waals surface area contributed by atoms with Gasteiger partial charge in [0.1, 0.15) is 6.04 Å². The van der Waals surface area contributed by atoms with Crippen LogP contribution in [0.4, 0.5) is 0 Å². The Bertz CT molecular complexity index is 580. The van der Waals surface area contributed by atoms with Crippen molar-refractivity contribution in [3.63, 3.8) is 0 Å². The number of carbonyl (C=O) groups is 1. The van der Waals surface area contributed by atoms with Crippen LogP contribution in [0.2, 0.25) is 0 Å². The first-order valence-corrected chi connectivity index (χ1v) is 6.16. The summed E-state index contributed by atoms with van der Waals surface area (Å²) in [5.41, 5.74) is 1.23. The van der Waals surface area contributed by atoms with Gasteiger partial charge in [-0.1, -0.05) is 12.1 Å². The molecular weight excluding hydrogens is 244 g/mol. The summed E-state index contributed by atoms with van der Waals surface area (Å²) >= 11 is 0. The third kappa shape index (κ3) is 2.96. The average Bonchev–Trinajstić information content (AvgIpc) is 2.88. The maximum atomic E-state index is 12.1. The molecule has 0 aromatic carbocycles. The Morgan fingerprint density at radius 1 is 1.53 bits per heavy atom. The molecule has 2 aromatic rings. The summed E-state index contributed by atoms with van der Waals surface area (Å²) in [5, 5.41) is 6.62. The van der Waals surface area contributed by atoms with Crippen molar-refractivity contribution in [1.29, 1.82) is 0 Å². The van der Waals surface area contributed by atoms with Gasteiger partial charge in [0.15, 0.2) is 5.82 Å². The van der Waals surface area contributed by atoms with Gasteiger partial charge in [0.2, 0.25) is 5.89 Å². The molecule has 1 N–H and O–H groups in total. The maximum Gasteiger partial charge on any atom is 0.253 e. The van der Waals surface area contributed by atoms with Gasteiger partial charge < -0.3 is 9.84 Å². The number of carbonyl (C=O) groups excluding carboxylic acids is 1. The number of nitrogens with zero attached hydrogens (tertiary/aromatic N) is 3. The van der Waals surface area contributed by atoms with E-state index in [0.29, 0.717) is 29.4 Å². The lowest BCUT2D eigenvalue weighted by atomic mass is 10.2. The largest absolute Gasteiger partial charge is 0.340 e. The molecule has 0 aliphatic heterocycles. The fourth-order valence-corrected chi connectivity index (χ4v) is 1.65. The van der Waals surface area contributed by atoms with Crippen molar-refractivity contribution in [3.05, 3.63) is 41.3 Å². The van der Waals surface area contributed by atoms with Crippen LogP contribution in [-0.4, -0.2) is 21.0 Å². The van der Waals surface area contributed by atoms with Crippen LogP contribution in [0.5, 0.6) is 0 Å². The number of hydrogen-bond acceptors (Lipinski definition) is 5. The van der Waals surface area contributed by atoms with Gasteiger partial charge in [-0.05, 0) is 26.0 Å². The molecule has 100 valence electrons. The first-order valence-electron chi connectivity index (χ1n) is 6.16. The molecule has 2 aromatic heterocycles. The second-order valence-corrected chi connectivity index (χ2v) is 4.23. The molecular formula is C13H16N4O2. The van der Waals surface area contributed by atoms with Gasteiger partial charge in [-0.3, -0.25) is 9.78 Å². The highest BCUT2D eigenvalue weighted by Crippen LogP contribution is 2.12. The molecule has 0 radical (unpaired) electrons. The van der Waals surface area contributed by atoms with Gasteiger partial charge >= 0.3 is 0 Å². The van der Waals surface area contributed by atoms with Crippen molar-refractivity contribution in [2.24, 2.45) is 0 Å². The SMILES string of the molecule is CCc1noc(C(C)NC(=O)c2cccnc2C)n1. The molecule has 19 heavy (non-hydrogen) atoms. The van der Waals surface area contributed by atoms with E-state index in [4.69, 9.17) is 4.52 Å². The van der Waals surface area contributed by atoms with E-state index in [-0.39, 0.29) is 11.9 Å². The predicted molar refractivity (Wildman–Crippen MR) is 68.5 cm³/mol.